The van der Waals surface area contributed by atoms with Crippen LogP contribution in [-0.2, 0) is 5.41 Å². The fourth-order valence-corrected chi connectivity index (χ4v) is 4.42. The van der Waals surface area contributed by atoms with E-state index in [-0.39, 0.29) is 5.41 Å². The van der Waals surface area contributed by atoms with E-state index < -0.39 is 0 Å². The molecule has 0 spiro atoms. The van der Waals surface area contributed by atoms with Crippen LogP contribution in [0.4, 0.5) is 11.4 Å². The van der Waals surface area contributed by atoms with Crippen LogP contribution in [0.25, 0.3) is 22.3 Å². The lowest BCUT2D eigenvalue weighted by molar-refractivity contribution is 0.661. The molecule has 0 saturated heterocycles. The molecule has 0 amide bonds. The molecule has 1 aliphatic carbocycles. The lowest BCUT2D eigenvalue weighted by Crippen LogP contribution is -2.15. The minimum atomic E-state index is -0.0716. The molecule has 0 fully saturated rings. The first-order chi connectivity index (χ1) is 14.6. The first-order valence-corrected chi connectivity index (χ1v) is 10.2. The van der Waals surface area contributed by atoms with E-state index in [4.69, 9.17) is 5.26 Å². The van der Waals surface area contributed by atoms with Gasteiger partial charge < -0.3 is 5.32 Å². The molecule has 0 bridgehead atoms. The molecular formula is C28H22N2. The van der Waals surface area contributed by atoms with Gasteiger partial charge in [0.05, 0.1) is 11.6 Å². The quantitative estimate of drug-likeness (QED) is 0.402. The maximum absolute atomic E-state index is 8.99. The number of nitrogens with zero attached hydrogens (tertiary/aromatic N) is 1. The Balaban J connectivity index is 1.52. The molecular weight excluding hydrogens is 364 g/mol. The third-order valence-electron chi connectivity index (χ3n) is 6.09. The van der Waals surface area contributed by atoms with E-state index in [0.717, 1.165) is 11.4 Å². The second-order valence-electron chi connectivity index (χ2n) is 8.33. The number of benzene rings is 4. The van der Waals surface area contributed by atoms with E-state index in [9.17, 15) is 0 Å². The van der Waals surface area contributed by atoms with E-state index >= 15 is 0 Å². The maximum atomic E-state index is 8.99. The average Bonchev–Trinajstić information content (AvgIpc) is 3.01. The average molecular weight is 386 g/mol. The Hall–Kier alpha value is -3.83. The number of rotatable bonds is 3. The predicted octanol–water partition coefficient (Wildman–Crippen LogP) is 7.28. The fraction of sp³-hybridized carbons (Fsp3) is 0.107. The van der Waals surface area contributed by atoms with Crippen LogP contribution in [0, 0.1) is 11.3 Å². The van der Waals surface area contributed by atoms with Crippen LogP contribution in [0.2, 0.25) is 0 Å². The monoisotopic (exact) mass is 386 g/mol. The zero-order valence-corrected chi connectivity index (χ0v) is 17.1. The molecule has 4 aromatic carbocycles. The molecule has 0 aromatic heterocycles. The topological polar surface area (TPSA) is 35.8 Å². The normalized spacial score (nSPS) is 13.2. The summed E-state index contributed by atoms with van der Waals surface area (Å²) in [5.74, 6) is 0. The summed E-state index contributed by atoms with van der Waals surface area (Å²) in [7, 11) is 0. The van der Waals surface area contributed by atoms with E-state index in [2.05, 4.69) is 92.0 Å². The van der Waals surface area contributed by atoms with Gasteiger partial charge in [-0.15, -0.1) is 0 Å². The van der Waals surface area contributed by atoms with Gasteiger partial charge in [-0.25, -0.2) is 0 Å². The minimum Gasteiger partial charge on any atom is -0.356 e. The van der Waals surface area contributed by atoms with Gasteiger partial charge in [-0.3, -0.25) is 0 Å². The van der Waals surface area contributed by atoms with Crippen molar-refractivity contribution in [3.05, 3.63) is 108 Å². The Labute approximate surface area is 177 Å². The van der Waals surface area contributed by atoms with Crippen molar-refractivity contribution in [3.63, 3.8) is 0 Å². The molecule has 0 aliphatic heterocycles. The minimum absolute atomic E-state index is 0.0716. The molecule has 0 heterocycles. The molecule has 1 N–H and O–H groups in total. The highest BCUT2D eigenvalue weighted by Crippen LogP contribution is 2.50. The van der Waals surface area contributed by atoms with E-state index in [1.54, 1.807) is 0 Å². The van der Waals surface area contributed by atoms with Crippen molar-refractivity contribution in [2.75, 3.05) is 5.32 Å². The van der Waals surface area contributed by atoms with Crippen LogP contribution < -0.4 is 5.32 Å². The summed E-state index contributed by atoms with van der Waals surface area (Å²) >= 11 is 0. The first-order valence-electron chi connectivity index (χ1n) is 10.2. The molecule has 2 nitrogen and oxygen atoms in total. The van der Waals surface area contributed by atoms with Crippen molar-refractivity contribution in [2.45, 2.75) is 19.3 Å². The smallest absolute Gasteiger partial charge is 0.0991 e. The molecule has 0 saturated carbocycles. The van der Waals surface area contributed by atoms with Crippen LogP contribution >= 0.6 is 0 Å². The van der Waals surface area contributed by atoms with Crippen molar-refractivity contribution in [1.82, 2.24) is 0 Å². The van der Waals surface area contributed by atoms with Crippen molar-refractivity contribution >= 4 is 11.4 Å². The molecule has 144 valence electrons. The number of hydrogen-bond acceptors (Lipinski definition) is 2. The summed E-state index contributed by atoms with van der Waals surface area (Å²) in [6.07, 6.45) is 0. The largest absolute Gasteiger partial charge is 0.356 e. The third-order valence-corrected chi connectivity index (χ3v) is 6.09. The van der Waals surface area contributed by atoms with Gasteiger partial charge in [0.1, 0.15) is 0 Å². The number of fused-ring (bicyclic) bond motifs is 3. The summed E-state index contributed by atoms with van der Waals surface area (Å²) < 4.78 is 0. The van der Waals surface area contributed by atoms with Gasteiger partial charge in [-0.2, -0.15) is 5.26 Å². The van der Waals surface area contributed by atoms with Gasteiger partial charge in [0.2, 0.25) is 0 Å². The van der Waals surface area contributed by atoms with E-state index in [0.29, 0.717) is 5.56 Å². The molecule has 30 heavy (non-hydrogen) atoms. The Morgan fingerprint density at radius 3 is 2.00 bits per heavy atom. The lowest BCUT2D eigenvalue weighted by Gasteiger charge is -2.22. The van der Waals surface area contributed by atoms with Gasteiger partial charge >= 0.3 is 0 Å². The Morgan fingerprint density at radius 1 is 0.667 bits per heavy atom. The predicted molar refractivity (Wildman–Crippen MR) is 124 cm³/mol. The van der Waals surface area contributed by atoms with Gasteiger partial charge in [-0.05, 0) is 75.8 Å². The summed E-state index contributed by atoms with van der Waals surface area (Å²) in [6.45, 7) is 4.61. The third kappa shape index (κ3) is 2.96. The highest BCUT2D eigenvalue weighted by atomic mass is 14.9. The number of nitrogens with one attached hydrogen (secondary N) is 1. The summed E-state index contributed by atoms with van der Waals surface area (Å²) in [5.41, 5.74) is 10.5. The van der Waals surface area contributed by atoms with Crippen LogP contribution in [0.3, 0.4) is 0 Å². The van der Waals surface area contributed by atoms with Crippen molar-refractivity contribution < 1.29 is 0 Å². The molecule has 1 aliphatic rings. The Kier molecular flexibility index (Phi) is 4.19. The zero-order valence-electron chi connectivity index (χ0n) is 17.1. The van der Waals surface area contributed by atoms with E-state index in [1.807, 2.05) is 24.3 Å². The number of anilines is 2. The fourth-order valence-electron chi connectivity index (χ4n) is 4.42. The van der Waals surface area contributed by atoms with Crippen molar-refractivity contribution in [3.8, 4) is 28.3 Å². The molecule has 4 aromatic rings. The summed E-state index contributed by atoms with van der Waals surface area (Å²) in [4.78, 5) is 0. The van der Waals surface area contributed by atoms with Crippen LogP contribution in [-0.4, -0.2) is 0 Å². The van der Waals surface area contributed by atoms with Crippen molar-refractivity contribution in [2.24, 2.45) is 0 Å². The molecule has 0 radical (unpaired) electrons. The first kappa shape index (κ1) is 18.2. The molecule has 0 atom stereocenters. The molecule has 2 heteroatoms. The number of nitriles is 1. The zero-order chi connectivity index (χ0) is 20.7. The Bertz CT molecular complexity index is 1280. The highest BCUT2D eigenvalue weighted by Gasteiger charge is 2.35. The molecule has 0 unspecified atom stereocenters. The van der Waals surface area contributed by atoms with E-state index in [1.165, 1.54) is 33.4 Å². The SMILES string of the molecule is CC1(C)c2cc(Nc3ccc(C#N)cc3)ccc2-c2ccc(-c3ccccc3)cc21. The van der Waals surface area contributed by atoms with Crippen LogP contribution in [0.1, 0.15) is 30.5 Å². The Morgan fingerprint density at radius 2 is 1.30 bits per heavy atom. The standard InChI is InChI=1S/C28H22N2/c1-28(2)26-16-21(20-6-4-3-5-7-20)10-14-24(26)25-15-13-23(17-27(25)28)30-22-11-8-19(18-29)9-12-22/h3-17,30H,1-2H3. The second-order valence-corrected chi connectivity index (χ2v) is 8.33. The van der Waals surface area contributed by atoms with Gasteiger partial charge in [0.15, 0.2) is 0 Å². The summed E-state index contributed by atoms with van der Waals surface area (Å²) in [6, 6.07) is 33.7. The lowest BCUT2D eigenvalue weighted by atomic mass is 9.81. The highest BCUT2D eigenvalue weighted by molar-refractivity contribution is 5.85. The van der Waals surface area contributed by atoms with Gasteiger partial charge in [0.25, 0.3) is 0 Å². The van der Waals surface area contributed by atoms with Crippen LogP contribution in [0.15, 0.2) is 91.0 Å². The molecule has 5 rings (SSSR count). The van der Waals surface area contributed by atoms with Crippen molar-refractivity contribution in [1.29, 1.82) is 5.26 Å². The number of hydrogen-bond donors (Lipinski definition) is 1. The van der Waals surface area contributed by atoms with Crippen LogP contribution in [0.5, 0.6) is 0 Å². The summed E-state index contributed by atoms with van der Waals surface area (Å²) in [5, 5.41) is 12.5. The maximum Gasteiger partial charge on any atom is 0.0991 e. The second kappa shape index (κ2) is 6.90. The van der Waals surface area contributed by atoms with Gasteiger partial charge in [0, 0.05) is 16.8 Å². The van der Waals surface area contributed by atoms with Gasteiger partial charge in [-0.1, -0.05) is 62.4 Å².